The molecule has 2 aliphatic heterocycles. The number of hydrogen-bond donors (Lipinski definition) is 1. The topological polar surface area (TPSA) is 128 Å². The van der Waals surface area contributed by atoms with Crippen molar-refractivity contribution in [1.82, 2.24) is 14.8 Å². The second-order valence-corrected chi connectivity index (χ2v) is 14.1. The maximum absolute atomic E-state index is 15.6. The van der Waals surface area contributed by atoms with E-state index in [1.165, 1.54) is 0 Å². The Morgan fingerprint density at radius 1 is 1.44 bits per heavy atom. The Labute approximate surface area is 260 Å². The van der Waals surface area contributed by atoms with Gasteiger partial charge in [0.2, 0.25) is 5.82 Å². The van der Waals surface area contributed by atoms with E-state index < -0.39 is 28.5 Å². The zero-order chi connectivity index (χ0) is 30.4. The van der Waals surface area contributed by atoms with Crippen LogP contribution in [0.2, 0.25) is 0 Å². The van der Waals surface area contributed by atoms with Gasteiger partial charge in [0.15, 0.2) is 5.82 Å². The maximum Gasteiger partial charge on any atom is 0.410 e. The molecule has 1 amide bonds. The molecule has 2 saturated heterocycles. The van der Waals surface area contributed by atoms with Gasteiger partial charge >= 0.3 is 11.8 Å². The molecular formula is C27H34BrFIN7O4. The zero-order valence-corrected chi connectivity index (χ0v) is 27.7. The van der Waals surface area contributed by atoms with Crippen LogP contribution < -0.4 is 10.2 Å². The van der Waals surface area contributed by atoms with Gasteiger partial charge in [0.05, 0.1) is 27.4 Å². The summed E-state index contributed by atoms with van der Waals surface area (Å²) in [7, 11) is 3.90. The molecule has 1 N–H and O–H groups in total. The Bertz CT molecular complexity index is 1420. The summed E-state index contributed by atoms with van der Waals surface area (Å²) >= 11 is 5.27. The molecule has 2 atom stereocenters. The van der Waals surface area contributed by atoms with Crippen LogP contribution in [-0.2, 0) is 4.74 Å². The lowest BCUT2D eigenvalue weighted by molar-refractivity contribution is -0.383. The molecule has 0 bridgehead atoms. The number of likely N-dealkylation sites (tertiary alicyclic amines) is 1. The van der Waals surface area contributed by atoms with E-state index in [0.29, 0.717) is 41.4 Å². The first kappa shape index (κ1) is 31.4. The van der Waals surface area contributed by atoms with Crippen LogP contribution in [-0.4, -0.2) is 82.8 Å². The van der Waals surface area contributed by atoms with Gasteiger partial charge in [0, 0.05) is 40.7 Å². The third-order valence-electron chi connectivity index (χ3n) is 7.72. The van der Waals surface area contributed by atoms with E-state index >= 15 is 4.39 Å². The van der Waals surface area contributed by atoms with Crippen LogP contribution in [0.15, 0.2) is 10.5 Å². The molecule has 11 nitrogen and oxygen atoms in total. The van der Waals surface area contributed by atoms with Gasteiger partial charge in [-0.15, -0.1) is 0 Å². The summed E-state index contributed by atoms with van der Waals surface area (Å²) in [4.78, 5) is 35.0. The first-order valence-corrected chi connectivity index (χ1v) is 15.1. The largest absolute Gasteiger partial charge is 0.444 e. The molecule has 222 valence electrons. The summed E-state index contributed by atoms with van der Waals surface area (Å²) in [6, 6.07) is 3.05. The molecule has 0 aliphatic carbocycles. The lowest BCUT2D eigenvalue weighted by Gasteiger charge is -2.52. The molecular weight excluding hydrogens is 712 g/mol. The second-order valence-electron chi connectivity index (χ2n) is 12.1. The number of nitrogens with one attached hydrogen (secondary N) is 1. The molecule has 0 unspecified atom stereocenters. The summed E-state index contributed by atoms with van der Waals surface area (Å²) in [5, 5.41) is 25.7. The standard InChI is InChI=1S/C27H34BrFIN7O4/c1-26(2,3)41-25(38)36-10-8-15(11-16(36)7-9-31)32-22-17-12-18(30)19(28)20(29)21(17)33-24(23(22)37(39)40)35-13-27(4,14-35)34(5)6/h12,15-16H,7-8,10-11,13-14H2,1-6H3,(H,32,33)/t15-,16+/m0/s1. The number of pyridine rings is 1. The van der Waals surface area contributed by atoms with Crippen molar-refractivity contribution in [3.8, 4) is 6.07 Å². The number of nitrogens with zero attached hydrogens (tertiary/aromatic N) is 6. The van der Waals surface area contributed by atoms with E-state index in [4.69, 9.17) is 4.74 Å². The number of fused-ring (bicyclic) bond motifs is 1. The van der Waals surface area contributed by atoms with Crippen LogP contribution >= 0.6 is 38.5 Å². The minimum absolute atomic E-state index is 0.0265. The molecule has 3 heterocycles. The Morgan fingerprint density at radius 3 is 2.66 bits per heavy atom. The number of carbonyl (C=O) groups excluding carboxylic acids is 1. The number of benzene rings is 1. The third kappa shape index (κ3) is 6.31. The van der Waals surface area contributed by atoms with Crippen molar-refractivity contribution in [2.75, 3.05) is 43.9 Å². The van der Waals surface area contributed by atoms with Gasteiger partial charge in [0.25, 0.3) is 0 Å². The summed E-state index contributed by atoms with van der Waals surface area (Å²) < 4.78 is 21.9. The maximum atomic E-state index is 15.6. The van der Waals surface area contributed by atoms with Crippen molar-refractivity contribution in [3.63, 3.8) is 0 Å². The first-order chi connectivity index (χ1) is 19.1. The summed E-state index contributed by atoms with van der Waals surface area (Å²) in [5.74, 6) is -0.486. The second kappa shape index (κ2) is 11.6. The number of amides is 1. The van der Waals surface area contributed by atoms with Crippen molar-refractivity contribution in [2.24, 2.45) is 0 Å². The van der Waals surface area contributed by atoms with Gasteiger partial charge in [-0.25, -0.2) is 14.2 Å². The van der Waals surface area contributed by atoms with Crippen molar-refractivity contribution in [2.45, 2.75) is 70.2 Å². The van der Waals surface area contributed by atoms with Crippen molar-refractivity contribution in [1.29, 1.82) is 5.26 Å². The van der Waals surface area contributed by atoms with Crippen molar-refractivity contribution < 1.29 is 18.8 Å². The van der Waals surface area contributed by atoms with Gasteiger partial charge < -0.3 is 24.8 Å². The molecule has 4 rings (SSSR count). The van der Waals surface area contributed by atoms with Crippen LogP contribution in [0, 0.1) is 30.8 Å². The number of ether oxygens (including phenoxy) is 1. The predicted octanol–water partition coefficient (Wildman–Crippen LogP) is 5.88. The highest BCUT2D eigenvalue weighted by Crippen LogP contribution is 2.45. The smallest absolute Gasteiger partial charge is 0.410 e. The molecule has 2 aromatic rings. The van der Waals surface area contributed by atoms with Gasteiger partial charge in [-0.05, 0) is 99.2 Å². The van der Waals surface area contributed by atoms with E-state index in [2.05, 4.69) is 44.1 Å². The van der Waals surface area contributed by atoms with Crippen LogP contribution in [0.1, 0.15) is 47.0 Å². The molecule has 1 aromatic carbocycles. The molecule has 0 saturated carbocycles. The Hall–Kier alpha value is -2.51. The van der Waals surface area contributed by atoms with E-state index in [9.17, 15) is 20.2 Å². The SMILES string of the molecule is CN(C)C1(C)CN(c2nc3c(F)c(Br)c(I)cc3c(N[C@H]3CCN(C(=O)OC(C)(C)C)[C@H](CC#N)C3)c2[N+](=O)[O-])C1. The molecule has 2 aliphatic rings. The fraction of sp³-hybridized carbons (Fsp3) is 0.593. The van der Waals surface area contributed by atoms with Gasteiger partial charge in [-0.3, -0.25) is 10.1 Å². The van der Waals surface area contributed by atoms with Crippen molar-refractivity contribution in [3.05, 3.63) is 30.0 Å². The van der Waals surface area contributed by atoms with E-state index in [-0.39, 0.29) is 45.2 Å². The number of aromatic nitrogens is 1. The van der Waals surface area contributed by atoms with Crippen LogP contribution in [0.5, 0.6) is 0 Å². The first-order valence-electron chi connectivity index (χ1n) is 13.3. The van der Waals surface area contributed by atoms with E-state index in [0.717, 1.165) is 0 Å². The van der Waals surface area contributed by atoms with Crippen LogP contribution in [0.4, 0.5) is 26.4 Å². The normalized spacial score (nSPS) is 20.5. The molecule has 14 heteroatoms. The Kier molecular flexibility index (Phi) is 8.92. The average molecular weight is 746 g/mol. The lowest BCUT2D eigenvalue weighted by Crippen LogP contribution is -2.67. The van der Waals surface area contributed by atoms with Gasteiger partial charge in [-0.2, -0.15) is 5.26 Å². The monoisotopic (exact) mass is 745 g/mol. The van der Waals surface area contributed by atoms with Crippen LogP contribution in [0.3, 0.4) is 0 Å². The number of nitro groups is 1. The number of carbonyl (C=O) groups is 1. The Morgan fingerprint density at radius 2 is 2.10 bits per heavy atom. The number of nitriles is 1. The summed E-state index contributed by atoms with van der Waals surface area (Å²) in [6.45, 7) is 8.68. The highest BCUT2D eigenvalue weighted by molar-refractivity contribution is 14.1. The number of halogens is 3. The predicted molar refractivity (Wildman–Crippen MR) is 167 cm³/mol. The quantitative estimate of drug-likeness (QED) is 0.167. The molecule has 0 spiro atoms. The Balaban J connectivity index is 1.76. The molecule has 2 fully saturated rings. The number of likely N-dealkylation sites (N-methyl/N-ethyl adjacent to an activating group) is 1. The van der Waals surface area contributed by atoms with E-state index in [1.54, 1.807) is 36.6 Å². The molecule has 41 heavy (non-hydrogen) atoms. The number of anilines is 2. The van der Waals surface area contributed by atoms with Crippen molar-refractivity contribution >= 4 is 72.7 Å². The highest BCUT2D eigenvalue weighted by Gasteiger charge is 2.45. The lowest BCUT2D eigenvalue weighted by atomic mass is 9.90. The van der Waals surface area contributed by atoms with Gasteiger partial charge in [0.1, 0.15) is 16.8 Å². The van der Waals surface area contributed by atoms with E-state index in [1.807, 2.05) is 36.7 Å². The van der Waals surface area contributed by atoms with Crippen LogP contribution in [0.25, 0.3) is 10.9 Å². The average Bonchev–Trinajstić information content (AvgIpc) is 2.84. The summed E-state index contributed by atoms with van der Waals surface area (Å²) in [5.41, 5.74) is -0.904. The number of piperidine rings is 1. The number of rotatable bonds is 6. The fourth-order valence-electron chi connectivity index (χ4n) is 5.28. The highest BCUT2D eigenvalue weighted by atomic mass is 127. The zero-order valence-electron chi connectivity index (χ0n) is 23.9. The fourth-order valence-corrected chi connectivity index (χ4v) is 6.13. The molecule has 1 aromatic heterocycles. The summed E-state index contributed by atoms with van der Waals surface area (Å²) in [6.07, 6.45) is 0.401. The van der Waals surface area contributed by atoms with Gasteiger partial charge in [-0.1, -0.05) is 0 Å². The molecule has 0 radical (unpaired) electrons. The minimum atomic E-state index is -0.689. The minimum Gasteiger partial charge on any atom is -0.444 e. The number of hydrogen-bond acceptors (Lipinski definition) is 9. The third-order valence-corrected chi connectivity index (χ3v) is 10.1.